The highest BCUT2D eigenvalue weighted by molar-refractivity contribution is 5.79. The van der Waals surface area contributed by atoms with Crippen molar-refractivity contribution < 1.29 is 14.3 Å². The molecule has 2 aliphatic heterocycles. The average Bonchev–Trinajstić information content (AvgIpc) is 3.43. The van der Waals surface area contributed by atoms with E-state index in [-0.39, 0.29) is 35.9 Å². The minimum Gasteiger partial charge on any atom is -0.490 e. The van der Waals surface area contributed by atoms with Gasteiger partial charge in [-0.1, -0.05) is 12.7 Å². The van der Waals surface area contributed by atoms with Gasteiger partial charge >= 0.3 is 0 Å². The van der Waals surface area contributed by atoms with Gasteiger partial charge in [0.1, 0.15) is 18.1 Å². The number of piperazine rings is 1. The Bertz CT molecular complexity index is 1090. The van der Waals surface area contributed by atoms with Gasteiger partial charge in [-0.25, -0.2) is 0 Å². The number of likely N-dealkylation sites (tertiary alicyclic amines) is 1. The molecule has 0 unspecified atom stereocenters. The third-order valence-electron chi connectivity index (χ3n) is 6.38. The third kappa shape index (κ3) is 6.54. The molecule has 35 heavy (non-hydrogen) atoms. The first-order valence-corrected chi connectivity index (χ1v) is 12.1. The van der Waals surface area contributed by atoms with Crippen LogP contribution in [0.3, 0.4) is 0 Å². The van der Waals surface area contributed by atoms with Crippen molar-refractivity contribution in [1.29, 1.82) is 0 Å². The monoisotopic (exact) mass is 480 g/mol. The van der Waals surface area contributed by atoms with Gasteiger partial charge in [-0.3, -0.25) is 19.3 Å². The van der Waals surface area contributed by atoms with E-state index in [1.165, 1.54) is 0 Å². The summed E-state index contributed by atoms with van der Waals surface area (Å²) in [6.45, 7) is 8.69. The van der Waals surface area contributed by atoms with Crippen molar-refractivity contribution in [2.75, 3.05) is 52.4 Å². The molecule has 2 saturated heterocycles. The number of hydrogen-bond donors (Lipinski definition) is 1. The smallest absolute Gasteiger partial charge is 0.273 e. The highest BCUT2D eigenvalue weighted by atomic mass is 16.5. The molecule has 186 valence electrons. The second kappa shape index (κ2) is 11.7. The SMILES string of the molecule is C=CCOc1ccc(-c2nnc(CCC(=O)N3CCN(CC(=O)N4CCCC4)CC3)c(=O)[nH]2)cc1. The van der Waals surface area contributed by atoms with E-state index in [2.05, 4.69) is 26.7 Å². The van der Waals surface area contributed by atoms with Gasteiger partial charge in [-0.15, -0.1) is 10.2 Å². The van der Waals surface area contributed by atoms with Gasteiger partial charge in [-0.05, 0) is 37.1 Å². The lowest BCUT2D eigenvalue weighted by molar-refractivity contribution is -0.134. The predicted octanol–water partition coefficient (Wildman–Crippen LogP) is 1.10. The van der Waals surface area contributed by atoms with Gasteiger partial charge in [0.2, 0.25) is 11.8 Å². The number of nitrogens with zero attached hydrogens (tertiary/aromatic N) is 5. The van der Waals surface area contributed by atoms with Crippen LogP contribution in [0.15, 0.2) is 41.7 Å². The van der Waals surface area contributed by atoms with E-state index in [0.29, 0.717) is 56.5 Å². The van der Waals surface area contributed by atoms with E-state index in [1.54, 1.807) is 35.2 Å². The maximum atomic E-state index is 12.7. The molecule has 0 atom stereocenters. The van der Waals surface area contributed by atoms with Crippen molar-refractivity contribution in [3.05, 3.63) is 53.0 Å². The van der Waals surface area contributed by atoms with E-state index in [9.17, 15) is 14.4 Å². The molecule has 1 aromatic carbocycles. The van der Waals surface area contributed by atoms with Crippen molar-refractivity contribution in [1.82, 2.24) is 29.9 Å². The van der Waals surface area contributed by atoms with Crippen LogP contribution in [0.2, 0.25) is 0 Å². The van der Waals surface area contributed by atoms with E-state index >= 15 is 0 Å². The zero-order chi connectivity index (χ0) is 24.6. The van der Waals surface area contributed by atoms with Crippen LogP contribution in [0.5, 0.6) is 5.75 Å². The fourth-order valence-corrected chi connectivity index (χ4v) is 4.31. The summed E-state index contributed by atoms with van der Waals surface area (Å²) in [6.07, 6.45) is 4.26. The first kappa shape index (κ1) is 24.6. The molecular weight excluding hydrogens is 448 g/mol. The zero-order valence-electron chi connectivity index (χ0n) is 19.9. The fraction of sp³-hybridized carbons (Fsp3) is 0.480. The molecule has 0 aliphatic carbocycles. The van der Waals surface area contributed by atoms with Gasteiger partial charge < -0.3 is 19.5 Å². The van der Waals surface area contributed by atoms with Crippen LogP contribution in [0.1, 0.15) is 25.0 Å². The number of benzene rings is 1. The predicted molar refractivity (Wildman–Crippen MR) is 131 cm³/mol. The molecule has 0 radical (unpaired) electrons. The molecule has 10 nitrogen and oxygen atoms in total. The first-order chi connectivity index (χ1) is 17.0. The third-order valence-corrected chi connectivity index (χ3v) is 6.38. The maximum Gasteiger partial charge on any atom is 0.273 e. The number of amides is 2. The van der Waals surface area contributed by atoms with Crippen molar-refractivity contribution in [3.63, 3.8) is 0 Å². The molecule has 0 spiro atoms. The number of hydrogen-bond acceptors (Lipinski definition) is 7. The maximum absolute atomic E-state index is 12.7. The minimum atomic E-state index is -0.347. The van der Waals surface area contributed by atoms with Crippen LogP contribution in [0.25, 0.3) is 11.4 Å². The van der Waals surface area contributed by atoms with Crippen LogP contribution in [-0.4, -0.2) is 94.1 Å². The molecule has 4 rings (SSSR count). The summed E-state index contributed by atoms with van der Waals surface area (Å²) in [6, 6.07) is 7.15. The summed E-state index contributed by atoms with van der Waals surface area (Å²) in [5.74, 6) is 1.22. The minimum absolute atomic E-state index is 0.0177. The van der Waals surface area contributed by atoms with Crippen LogP contribution < -0.4 is 10.3 Å². The number of aryl methyl sites for hydroxylation is 1. The van der Waals surface area contributed by atoms with Crippen molar-refractivity contribution in [2.45, 2.75) is 25.7 Å². The topological polar surface area (TPSA) is 112 Å². The Morgan fingerprint density at radius 2 is 1.66 bits per heavy atom. The second-order valence-corrected chi connectivity index (χ2v) is 8.82. The number of carbonyl (C=O) groups excluding carboxylic acids is 2. The number of nitrogens with one attached hydrogen (secondary N) is 1. The molecule has 1 N–H and O–H groups in total. The Kier molecular flexibility index (Phi) is 8.25. The van der Waals surface area contributed by atoms with Crippen LogP contribution in [0, 0.1) is 0 Å². The summed E-state index contributed by atoms with van der Waals surface area (Å²) in [5, 5.41) is 8.20. The number of H-pyrrole nitrogens is 1. The Labute approximate surface area is 204 Å². The number of rotatable bonds is 9. The zero-order valence-corrected chi connectivity index (χ0v) is 19.9. The quantitative estimate of drug-likeness (QED) is 0.535. The van der Waals surface area contributed by atoms with Gasteiger partial charge in [0.15, 0.2) is 5.82 Å². The van der Waals surface area contributed by atoms with E-state index in [4.69, 9.17) is 4.74 Å². The summed E-state index contributed by atoms with van der Waals surface area (Å²) in [5.41, 5.74) is 0.604. The van der Waals surface area contributed by atoms with E-state index < -0.39 is 0 Å². The Morgan fingerprint density at radius 1 is 0.971 bits per heavy atom. The fourth-order valence-electron chi connectivity index (χ4n) is 4.31. The molecule has 0 saturated carbocycles. The lowest BCUT2D eigenvalue weighted by Crippen LogP contribution is -2.51. The normalized spacial score (nSPS) is 16.3. The molecule has 2 fully saturated rings. The lowest BCUT2D eigenvalue weighted by atomic mass is 10.2. The summed E-state index contributed by atoms with van der Waals surface area (Å²) in [7, 11) is 0. The molecule has 3 heterocycles. The standard InChI is InChI=1S/C25H32N6O4/c1-2-17-35-20-7-5-19(6-8-20)24-26-25(34)21(27-28-24)9-10-22(32)31-15-13-29(14-16-31)18-23(33)30-11-3-4-12-30/h2,5-8H,1,3-4,9-18H2,(H,26,28,34). The average molecular weight is 481 g/mol. The largest absolute Gasteiger partial charge is 0.490 e. The molecule has 10 heteroatoms. The molecule has 2 aromatic rings. The Morgan fingerprint density at radius 3 is 2.31 bits per heavy atom. The van der Waals surface area contributed by atoms with E-state index in [1.807, 2.05) is 4.90 Å². The van der Waals surface area contributed by atoms with Gasteiger partial charge in [0, 0.05) is 57.7 Å². The van der Waals surface area contributed by atoms with Gasteiger partial charge in [0.25, 0.3) is 5.56 Å². The van der Waals surface area contributed by atoms with Crippen molar-refractivity contribution >= 4 is 11.8 Å². The molecule has 1 aromatic heterocycles. The van der Waals surface area contributed by atoms with Crippen molar-refractivity contribution in [3.8, 4) is 17.1 Å². The molecule has 2 aliphatic rings. The summed E-state index contributed by atoms with van der Waals surface area (Å²) < 4.78 is 5.46. The Balaban J connectivity index is 1.24. The van der Waals surface area contributed by atoms with Crippen LogP contribution in [0.4, 0.5) is 0 Å². The molecular formula is C25H32N6O4. The molecule has 0 bridgehead atoms. The summed E-state index contributed by atoms with van der Waals surface area (Å²) in [4.78, 5) is 46.1. The van der Waals surface area contributed by atoms with Gasteiger partial charge in [0.05, 0.1) is 6.54 Å². The summed E-state index contributed by atoms with van der Waals surface area (Å²) >= 11 is 0. The number of aromatic amines is 1. The highest BCUT2D eigenvalue weighted by Crippen LogP contribution is 2.18. The highest BCUT2D eigenvalue weighted by Gasteiger charge is 2.25. The number of aromatic nitrogens is 3. The number of carbonyl (C=O) groups is 2. The molecule has 2 amide bonds. The first-order valence-electron chi connectivity index (χ1n) is 12.1. The van der Waals surface area contributed by atoms with Gasteiger partial charge in [-0.2, -0.15) is 0 Å². The van der Waals surface area contributed by atoms with E-state index in [0.717, 1.165) is 25.9 Å². The number of ether oxygens (including phenoxy) is 1. The second-order valence-electron chi connectivity index (χ2n) is 8.82. The van der Waals surface area contributed by atoms with Crippen LogP contribution >= 0.6 is 0 Å². The Hall–Kier alpha value is -3.53. The van der Waals surface area contributed by atoms with Crippen LogP contribution in [-0.2, 0) is 16.0 Å². The van der Waals surface area contributed by atoms with Crippen molar-refractivity contribution in [2.24, 2.45) is 0 Å². The lowest BCUT2D eigenvalue weighted by Gasteiger charge is -2.35.